The molecule has 0 saturated carbocycles. The molecule has 1 saturated heterocycles. The zero-order chi connectivity index (χ0) is 15.5. The molecule has 0 atom stereocenters. The van der Waals surface area contributed by atoms with Gasteiger partial charge in [0.15, 0.2) is 0 Å². The minimum absolute atomic E-state index is 0.381. The fourth-order valence-electron chi connectivity index (χ4n) is 2.27. The molecule has 1 aromatic carbocycles. The smallest absolute Gasteiger partial charge is 0.243 e. The second-order valence-corrected chi connectivity index (χ2v) is 7.76. The van der Waals surface area contributed by atoms with Crippen LogP contribution in [0.4, 0.5) is 0 Å². The number of hydrogen-bond donors (Lipinski definition) is 1. The highest BCUT2D eigenvalue weighted by molar-refractivity contribution is 9.10. The van der Waals surface area contributed by atoms with E-state index in [2.05, 4.69) is 21.2 Å². The number of nitrogens with one attached hydrogen (secondary N) is 1. The van der Waals surface area contributed by atoms with Crippen molar-refractivity contribution in [1.29, 1.82) is 0 Å². The molecule has 1 N–H and O–H groups in total. The second-order valence-electron chi connectivity index (χ2n) is 5.00. The molecule has 1 aliphatic rings. The highest BCUT2D eigenvalue weighted by Gasteiger charge is 2.28. The third-order valence-corrected chi connectivity index (χ3v) is 6.37. The van der Waals surface area contributed by atoms with Crippen LogP contribution in [0.15, 0.2) is 21.5 Å². The Morgan fingerprint density at radius 2 is 2.00 bits per heavy atom. The molecule has 0 radical (unpaired) electrons. The first-order chi connectivity index (χ1) is 9.96. The number of hydrogen-bond acceptors (Lipinski definition) is 4. The quantitative estimate of drug-likeness (QED) is 0.852. The van der Waals surface area contributed by atoms with Crippen molar-refractivity contribution in [2.24, 2.45) is 0 Å². The van der Waals surface area contributed by atoms with E-state index in [4.69, 9.17) is 4.74 Å². The van der Waals surface area contributed by atoms with Crippen LogP contribution in [0.1, 0.15) is 18.1 Å². The van der Waals surface area contributed by atoms with Gasteiger partial charge in [-0.15, -0.1) is 0 Å². The first kappa shape index (κ1) is 16.9. The molecule has 0 aliphatic carbocycles. The maximum absolute atomic E-state index is 12.8. The lowest BCUT2D eigenvalue weighted by Gasteiger charge is -2.27. The van der Waals surface area contributed by atoms with Gasteiger partial charge >= 0.3 is 0 Å². The van der Waals surface area contributed by atoms with Crippen molar-refractivity contribution >= 4 is 26.0 Å². The number of ether oxygens (including phenoxy) is 1. The summed E-state index contributed by atoms with van der Waals surface area (Å²) in [6, 6.07) is 3.74. The van der Waals surface area contributed by atoms with Crippen molar-refractivity contribution in [3.63, 3.8) is 0 Å². The van der Waals surface area contributed by atoms with Gasteiger partial charge in [-0.3, -0.25) is 0 Å². The van der Waals surface area contributed by atoms with Crippen LogP contribution in [-0.4, -0.2) is 45.6 Å². The minimum Gasteiger partial charge on any atom is -0.379 e. The molecule has 118 valence electrons. The summed E-state index contributed by atoms with van der Waals surface area (Å²) in [7, 11) is -3.47. The van der Waals surface area contributed by atoms with Crippen LogP contribution in [0.5, 0.6) is 0 Å². The lowest BCUT2D eigenvalue weighted by atomic mass is 10.1. The van der Waals surface area contributed by atoms with E-state index in [0.717, 1.165) is 22.1 Å². The van der Waals surface area contributed by atoms with Crippen LogP contribution >= 0.6 is 15.9 Å². The van der Waals surface area contributed by atoms with Gasteiger partial charge in [0.1, 0.15) is 0 Å². The maximum atomic E-state index is 12.8. The highest BCUT2D eigenvalue weighted by Crippen LogP contribution is 2.28. The van der Waals surface area contributed by atoms with E-state index in [0.29, 0.717) is 37.7 Å². The first-order valence-corrected chi connectivity index (χ1v) is 9.27. The van der Waals surface area contributed by atoms with E-state index < -0.39 is 10.0 Å². The zero-order valence-corrected chi connectivity index (χ0v) is 14.8. The third-order valence-electron chi connectivity index (χ3n) is 3.52. The zero-order valence-electron chi connectivity index (χ0n) is 12.4. The summed E-state index contributed by atoms with van der Waals surface area (Å²) in [5, 5.41) is 3.22. The van der Waals surface area contributed by atoms with Crippen LogP contribution < -0.4 is 5.32 Å². The number of halogens is 1. The minimum atomic E-state index is -3.47. The number of sulfonamides is 1. The molecule has 0 bridgehead atoms. The van der Waals surface area contributed by atoms with Crippen molar-refractivity contribution in [2.75, 3.05) is 32.8 Å². The molecule has 0 amide bonds. The largest absolute Gasteiger partial charge is 0.379 e. The molecular formula is C14H21BrN2O3S. The number of morpholine rings is 1. The summed E-state index contributed by atoms with van der Waals surface area (Å²) in [6.07, 6.45) is 0. The third kappa shape index (κ3) is 3.84. The van der Waals surface area contributed by atoms with Gasteiger partial charge < -0.3 is 10.1 Å². The Hall–Kier alpha value is -0.470. The number of rotatable bonds is 5. The predicted octanol–water partition coefficient (Wildman–Crippen LogP) is 1.89. The number of nitrogens with zero attached hydrogens (tertiary/aromatic N) is 1. The summed E-state index contributed by atoms with van der Waals surface area (Å²) >= 11 is 3.47. The van der Waals surface area contributed by atoms with Gasteiger partial charge in [-0.25, -0.2) is 8.42 Å². The van der Waals surface area contributed by atoms with Crippen molar-refractivity contribution in [3.05, 3.63) is 27.7 Å². The highest BCUT2D eigenvalue weighted by atomic mass is 79.9. The van der Waals surface area contributed by atoms with E-state index in [-0.39, 0.29) is 0 Å². The molecule has 1 heterocycles. The fourth-order valence-corrected chi connectivity index (χ4v) is 4.62. The SMILES string of the molecule is CCNCc1cc(Br)c(C)c(S(=O)(=O)N2CCOCC2)c1. The van der Waals surface area contributed by atoms with E-state index in [1.165, 1.54) is 4.31 Å². The van der Waals surface area contributed by atoms with Crippen LogP contribution in [0.25, 0.3) is 0 Å². The molecule has 21 heavy (non-hydrogen) atoms. The lowest BCUT2D eigenvalue weighted by Crippen LogP contribution is -2.40. The molecular weight excluding hydrogens is 356 g/mol. The van der Waals surface area contributed by atoms with E-state index >= 15 is 0 Å². The average molecular weight is 377 g/mol. The second kappa shape index (κ2) is 7.19. The standard InChI is InChI=1S/C14H21BrN2O3S/c1-3-16-10-12-8-13(15)11(2)14(9-12)21(18,19)17-4-6-20-7-5-17/h8-9,16H,3-7,10H2,1-2H3. The van der Waals surface area contributed by atoms with Gasteiger partial charge in [0.25, 0.3) is 0 Å². The summed E-state index contributed by atoms with van der Waals surface area (Å²) in [5.74, 6) is 0. The van der Waals surface area contributed by atoms with Gasteiger partial charge in [0.2, 0.25) is 10.0 Å². The summed E-state index contributed by atoms with van der Waals surface area (Å²) in [6.45, 7) is 7.09. The molecule has 1 aliphatic heterocycles. The van der Waals surface area contributed by atoms with E-state index in [1.807, 2.05) is 19.9 Å². The molecule has 1 fully saturated rings. The van der Waals surface area contributed by atoms with Gasteiger partial charge in [-0.1, -0.05) is 22.9 Å². The van der Waals surface area contributed by atoms with Crippen molar-refractivity contribution < 1.29 is 13.2 Å². The Balaban J connectivity index is 2.38. The van der Waals surface area contributed by atoms with Gasteiger partial charge in [-0.2, -0.15) is 4.31 Å². The maximum Gasteiger partial charge on any atom is 0.243 e. The van der Waals surface area contributed by atoms with E-state index in [9.17, 15) is 8.42 Å². The fraction of sp³-hybridized carbons (Fsp3) is 0.571. The van der Waals surface area contributed by atoms with Gasteiger partial charge in [0, 0.05) is 24.1 Å². The molecule has 1 aromatic rings. The Morgan fingerprint density at radius 1 is 1.33 bits per heavy atom. The van der Waals surface area contributed by atoms with Crippen LogP contribution in [0, 0.1) is 6.92 Å². The Kier molecular flexibility index (Phi) is 5.79. The molecule has 2 rings (SSSR count). The summed E-state index contributed by atoms with van der Waals surface area (Å²) in [4.78, 5) is 0.381. The molecule has 0 spiro atoms. The van der Waals surface area contributed by atoms with E-state index in [1.54, 1.807) is 6.07 Å². The lowest BCUT2D eigenvalue weighted by molar-refractivity contribution is 0.0730. The van der Waals surface area contributed by atoms with Crippen LogP contribution in [0.3, 0.4) is 0 Å². The van der Waals surface area contributed by atoms with Crippen LogP contribution in [0.2, 0.25) is 0 Å². The molecule has 0 unspecified atom stereocenters. The molecule has 0 aromatic heterocycles. The Morgan fingerprint density at radius 3 is 2.62 bits per heavy atom. The van der Waals surface area contributed by atoms with Gasteiger partial charge in [-0.05, 0) is 36.7 Å². The topological polar surface area (TPSA) is 58.6 Å². The number of benzene rings is 1. The van der Waals surface area contributed by atoms with Crippen molar-refractivity contribution in [3.8, 4) is 0 Å². The monoisotopic (exact) mass is 376 g/mol. The van der Waals surface area contributed by atoms with Crippen LogP contribution in [-0.2, 0) is 21.3 Å². The predicted molar refractivity (Wildman–Crippen MR) is 85.8 cm³/mol. The average Bonchev–Trinajstić information content (AvgIpc) is 2.49. The Bertz CT molecular complexity index is 598. The van der Waals surface area contributed by atoms with Crippen molar-refractivity contribution in [2.45, 2.75) is 25.3 Å². The van der Waals surface area contributed by atoms with Gasteiger partial charge in [0.05, 0.1) is 18.1 Å². The first-order valence-electron chi connectivity index (χ1n) is 7.04. The molecule has 7 heteroatoms. The summed E-state index contributed by atoms with van der Waals surface area (Å²) in [5.41, 5.74) is 1.71. The normalized spacial score (nSPS) is 17.1. The Labute approximate surface area is 134 Å². The summed E-state index contributed by atoms with van der Waals surface area (Å²) < 4.78 is 33.2. The van der Waals surface area contributed by atoms with Crippen molar-refractivity contribution in [1.82, 2.24) is 9.62 Å². The molecule has 5 nitrogen and oxygen atoms in total.